The molecule has 4 rings (SSSR count). The van der Waals surface area contributed by atoms with Crippen LogP contribution in [0.3, 0.4) is 0 Å². The lowest BCUT2D eigenvalue weighted by Gasteiger charge is -2.37. The molecule has 1 aliphatic carbocycles. The number of carbonyl (C=O) groups is 1. The van der Waals surface area contributed by atoms with Crippen molar-refractivity contribution in [3.05, 3.63) is 70.9 Å². The van der Waals surface area contributed by atoms with E-state index in [4.69, 9.17) is 0 Å². The van der Waals surface area contributed by atoms with Crippen molar-refractivity contribution in [2.75, 3.05) is 15.9 Å². The first-order chi connectivity index (χ1) is 13.6. The van der Waals surface area contributed by atoms with Crippen molar-refractivity contribution in [3.8, 4) is 0 Å². The predicted molar refractivity (Wildman–Crippen MR) is 116 cm³/mol. The van der Waals surface area contributed by atoms with Gasteiger partial charge >= 0.3 is 0 Å². The molecule has 152 valence electrons. The Hall–Kier alpha value is -2.60. The van der Waals surface area contributed by atoms with E-state index < -0.39 is 16.1 Å². The van der Waals surface area contributed by atoms with Crippen molar-refractivity contribution >= 4 is 27.2 Å². The van der Waals surface area contributed by atoms with Crippen LogP contribution < -0.4 is 9.62 Å². The number of sulfonamides is 1. The second-order valence-corrected chi connectivity index (χ2v) is 10.7. The molecule has 0 unspecified atom stereocenters. The quantitative estimate of drug-likeness (QED) is 0.787. The van der Waals surface area contributed by atoms with Gasteiger partial charge in [0.1, 0.15) is 6.04 Å². The summed E-state index contributed by atoms with van der Waals surface area (Å²) < 4.78 is 27.5. The zero-order valence-corrected chi connectivity index (χ0v) is 18.0. The number of benzene rings is 2. The Bertz CT molecular complexity index is 1120. The van der Waals surface area contributed by atoms with Gasteiger partial charge in [-0.15, -0.1) is 0 Å². The van der Waals surface area contributed by atoms with Gasteiger partial charge in [-0.3, -0.25) is 9.10 Å². The highest BCUT2D eigenvalue weighted by molar-refractivity contribution is 7.92. The summed E-state index contributed by atoms with van der Waals surface area (Å²) in [5.41, 5.74) is 4.31. The number of Topliss-reactive ketones (excluding diaryl/α,β-unsaturated/α-hetero) is 1. The van der Waals surface area contributed by atoms with E-state index in [2.05, 4.69) is 19.2 Å². The van der Waals surface area contributed by atoms with Crippen LogP contribution in [0, 0.1) is 12.3 Å². The number of rotatable bonds is 2. The van der Waals surface area contributed by atoms with E-state index in [-0.39, 0.29) is 11.2 Å². The Morgan fingerprint density at radius 1 is 1.03 bits per heavy atom. The number of aryl methyl sites for hydroxylation is 1. The smallest absolute Gasteiger partial charge is 0.233 e. The van der Waals surface area contributed by atoms with Gasteiger partial charge in [0.05, 0.1) is 17.6 Å². The number of ketones is 1. The summed E-state index contributed by atoms with van der Waals surface area (Å²) in [5.74, 6) is -0.00391. The molecule has 0 saturated carbocycles. The number of para-hydroxylation sites is 2. The van der Waals surface area contributed by atoms with Gasteiger partial charge in [0.2, 0.25) is 10.0 Å². The van der Waals surface area contributed by atoms with Crippen LogP contribution in [-0.2, 0) is 14.8 Å². The van der Waals surface area contributed by atoms with E-state index >= 15 is 0 Å². The molecule has 0 bridgehead atoms. The molecule has 1 N–H and O–H groups in total. The van der Waals surface area contributed by atoms with Crippen molar-refractivity contribution in [3.63, 3.8) is 0 Å². The van der Waals surface area contributed by atoms with Gasteiger partial charge in [0, 0.05) is 17.7 Å². The lowest BCUT2D eigenvalue weighted by molar-refractivity contribution is -0.118. The van der Waals surface area contributed by atoms with E-state index in [0.29, 0.717) is 29.8 Å². The highest BCUT2D eigenvalue weighted by atomic mass is 32.2. The summed E-state index contributed by atoms with van der Waals surface area (Å²) in [7, 11) is -3.67. The number of hydrogen-bond donors (Lipinski definition) is 1. The Morgan fingerprint density at radius 3 is 2.34 bits per heavy atom. The van der Waals surface area contributed by atoms with Crippen LogP contribution in [0.25, 0.3) is 0 Å². The zero-order valence-electron chi connectivity index (χ0n) is 17.2. The third-order valence-corrected chi connectivity index (χ3v) is 6.73. The van der Waals surface area contributed by atoms with Gasteiger partial charge in [0.15, 0.2) is 5.78 Å². The molecule has 1 aliphatic heterocycles. The average Bonchev–Trinajstić information content (AvgIpc) is 2.75. The normalized spacial score (nSPS) is 21.2. The van der Waals surface area contributed by atoms with E-state index in [1.165, 1.54) is 10.6 Å². The van der Waals surface area contributed by atoms with Crippen molar-refractivity contribution in [1.29, 1.82) is 0 Å². The van der Waals surface area contributed by atoms with Crippen molar-refractivity contribution in [1.82, 2.24) is 0 Å². The average molecular weight is 411 g/mol. The van der Waals surface area contributed by atoms with Gasteiger partial charge in [0.25, 0.3) is 0 Å². The van der Waals surface area contributed by atoms with Crippen molar-refractivity contribution in [2.24, 2.45) is 5.41 Å². The van der Waals surface area contributed by atoms with Gasteiger partial charge in [-0.25, -0.2) is 8.42 Å². The second kappa shape index (κ2) is 6.73. The van der Waals surface area contributed by atoms with Crippen LogP contribution in [0.2, 0.25) is 0 Å². The Kier molecular flexibility index (Phi) is 4.57. The molecular weight excluding hydrogens is 384 g/mol. The topological polar surface area (TPSA) is 66.5 Å². The van der Waals surface area contributed by atoms with E-state index in [1.807, 2.05) is 49.4 Å². The summed E-state index contributed by atoms with van der Waals surface area (Å²) in [6, 6.07) is 14.4. The standard InChI is InChI=1S/C23H26N2O3S/c1-15-9-11-16(12-10-15)22-21-18(13-23(2,3)14-20(21)26)24-17-7-5-6-8-19(17)25(22)29(4,27)28/h5-12,22,24H,13-14H2,1-4H3/t22-/m0/s1. The number of hydrogen-bond acceptors (Lipinski definition) is 4. The van der Waals surface area contributed by atoms with Gasteiger partial charge in [-0.05, 0) is 36.5 Å². The Balaban J connectivity index is 2.05. The number of allylic oxidation sites excluding steroid dienone is 1. The predicted octanol–water partition coefficient (Wildman–Crippen LogP) is 4.57. The number of anilines is 2. The third kappa shape index (κ3) is 3.57. The summed E-state index contributed by atoms with van der Waals surface area (Å²) in [5, 5.41) is 3.41. The van der Waals surface area contributed by atoms with Gasteiger partial charge in [-0.2, -0.15) is 0 Å². The van der Waals surface area contributed by atoms with Crippen LogP contribution in [0.1, 0.15) is 43.9 Å². The summed E-state index contributed by atoms with van der Waals surface area (Å²) >= 11 is 0. The first-order valence-electron chi connectivity index (χ1n) is 9.75. The molecule has 2 aromatic carbocycles. The molecule has 5 nitrogen and oxygen atoms in total. The lowest BCUT2D eigenvalue weighted by Crippen LogP contribution is -2.39. The van der Waals surface area contributed by atoms with Crippen LogP contribution in [0.15, 0.2) is 59.8 Å². The largest absolute Gasteiger partial charge is 0.357 e. The molecule has 2 aliphatic rings. The fourth-order valence-electron chi connectivity index (χ4n) is 4.37. The number of nitrogens with zero attached hydrogens (tertiary/aromatic N) is 1. The van der Waals surface area contributed by atoms with E-state index in [0.717, 1.165) is 16.8 Å². The molecular formula is C23H26N2O3S. The maximum atomic E-state index is 13.4. The molecule has 0 saturated heterocycles. The fraction of sp³-hybridized carbons (Fsp3) is 0.348. The van der Waals surface area contributed by atoms with Crippen molar-refractivity contribution < 1.29 is 13.2 Å². The summed E-state index contributed by atoms with van der Waals surface area (Å²) in [6.45, 7) is 6.13. The molecule has 0 fully saturated rings. The monoisotopic (exact) mass is 410 g/mol. The minimum atomic E-state index is -3.67. The van der Waals surface area contributed by atoms with Crippen LogP contribution in [0.4, 0.5) is 11.4 Å². The Labute approximate surface area is 172 Å². The molecule has 0 spiro atoms. The molecule has 0 amide bonds. The minimum absolute atomic E-state index is 0.00391. The Morgan fingerprint density at radius 2 is 1.69 bits per heavy atom. The third-order valence-electron chi connectivity index (χ3n) is 5.61. The van der Waals surface area contributed by atoms with E-state index in [9.17, 15) is 13.2 Å². The number of fused-ring (bicyclic) bond motifs is 1. The molecule has 0 radical (unpaired) electrons. The van der Waals surface area contributed by atoms with Crippen LogP contribution in [0.5, 0.6) is 0 Å². The van der Waals surface area contributed by atoms with Gasteiger partial charge in [-0.1, -0.05) is 55.8 Å². The summed E-state index contributed by atoms with van der Waals surface area (Å²) in [6.07, 6.45) is 2.28. The molecule has 1 heterocycles. The fourth-order valence-corrected chi connectivity index (χ4v) is 5.50. The highest BCUT2D eigenvalue weighted by Crippen LogP contribution is 2.48. The SMILES string of the molecule is Cc1ccc([C@H]2C3=C(CC(C)(C)CC3=O)Nc3ccccc3N2S(C)(=O)=O)cc1. The first-order valence-corrected chi connectivity index (χ1v) is 11.6. The molecule has 0 aromatic heterocycles. The van der Waals surface area contributed by atoms with Crippen molar-refractivity contribution in [2.45, 2.75) is 39.7 Å². The lowest BCUT2D eigenvalue weighted by atomic mass is 9.73. The van der Waals surface area contributed by atoms with E-state index in [1.54, 1.807) is 6.07 Å². The minimum Gasteiger partial charge on any atom is -0.357 e. The maximum absolute atomic E-state index is 13.4. The molecule has 29 heavy (non-hydrogen) atoms. The highest BCUT2D eigenvalue weighted by Gasteiger charge is 2.43. The summed E-state index contributed by atoms with van der Waals surface area (Å²) in [4.78, 5) is 13.4. The molecule has 1 atom stereocenters. The number of carbonyl (C=O) groups excluding carboxylic acids is 1. The maximum Gasteiger partial charge on any atom is 0.233 e. The molecule has 2 aromatic rings. The first kappa shape index (κ1) is 19.7. The second-order valence-electron chi connectivity index (χ2n) is 8.85. The molecule has 6 heteroatoms. The van der Waals surface area contributed by atoms with Crippen LogP contribution >= 0.6 is 0 Å². The number of nitrogens with one attached hydrogen (secondary N) is 1. The van der Waals surface area contributed by atoms with Crippen LogP contribution in [-0.4, -0.2) is 20.5 Å². The van der Waals surface area contributed by atoms with Gasteiger partial charge < -0.3 is 5.32 Å². The zero-order chi connectivity index (χ0) is 21.0.